The molecule has 0 spiro atoms. The Morgan fingerprint density at radius 1 is 0.875 bits per heavy atom. The van der Waals surface area contributed by atoms with E-state index >= 15 is 0 Å². The first kappa shape index (κ1) is 14.7. The molecule has 0 aliphatic heterocycles. The predicted octanol–water partition coefficient (Wildman–Crippen LogP) is 4.47. The van der Waals surface area contributed by atoms with E-state index in [1.165, 1.54) is 11.1 Å². The van der Waals surface area contributed by atoms with Gasteiger partial charge >= 0.3 is 0 Å². The van der Waals surface area contributed by atoms with Gasteiger partial charge in [0.15, 0.2) is 0 Å². The molecule has 24 heavy (non-hydrogen) atoms. The summed E-state index contributed by atoms with van der Waals surface area (Å²) in [5.74, 6) is 0. The number of aliphatic hydroxyl groups is 1. The molecule has 0 fully saturated rings. The molecule has 2 aromatic heterocycles. The van der Waals surface area contributed by atoms with E-state index in [1.807, 2.05) is 47.9 Å². The van der Waals surface area contributed by atoms with Gasteiger partial charge in [0.2, 0.25) is 0 Å². The Morgan fingerprint density at radius 2 is 1.54 bits per heavy atom. The normalized spacial score (nSPS) is 11.1. The lowest BCUT2D eigenvalue weighted by Crippen LogP contribution is -1.94. The van der Waals surface area contributed by atoms with Crippen LogP contribution in [0.2, 0.25) is 0 Å². The third kappa shape index (κ3) is 2.49. The number of fused-ring (bicyclic) bond motifs is 1. The third-order valence-corrected chi connectivity index (χ3v) is 4.30. The molecule has 0 unspecified atom stereocenters. The molecule has 0 bridgehead atoms. The Morgan fingerprint density at radius 3 is 2.25 bits per heavy atom. The van der Waals surface area contributed by atoms with Crippen LogP contribution in [0.25, 0.3) is 28.0 Å². The fourth-order valence-corrected chi connectivity index (χ4v) is 3.03. The first-order valence-electron chi connectivity index (χ1n) is 8.00. The summed E-state index contributed by atoms with van der Waals surface area (Å²) in [5.41, 5.74) is 7.05. The van der Waals surface area contributed by atoms with E-state index in [1.54, 1.807) is 0 Å². The average molecular weight is 314 g/mol. The van der Waals surface area contributed by atoms with Crippen LogP contribution < -0.4 is 0 Å². The van der Waals surface area contributed by atoms with E-state index in [-0.39, 0.29) is 6.61 Å². The quantitative estimate of drug-likeness (QED) is 0.606. The zero-order chi connectivity index (χ0) is 16.5. The lowest BCUT2D eigenvalue weighted by atomic mass is 10.0. The molecule has 2 heterocycles. The molecular weight excluding hydrogens is 296 g/mol. The Kier molecular flexibility index (Phi) is 3.63. The number of aryl methyl sites for hydroxylation is 1. The highest BCUT2D eigenvalue weighted by Gasteiger charge is 2.13. The monoisotopic (exact) mass is 314 g/mol. The van der Waals surface area contributed by atoms with Gasteiger partial charge in [0.1, 0.15) is 5.65 Å². The highest BCUT2D eigenvalue weighted by molar-refractivity contribution is 5.71. The molecule has 0 aliphatic carbocycles. The molecule has 2 aromatic carbocycles. The van der Waals surface area contributed by atoms with Crippen LogP contribution in [0.3, 0.4) is 0 Å². The Labute approximate surface area is 140 Å². The van der Waals surface area contributed by atoms with Crippen molar-refractivity contribution in [1.82, 2.24) is 9.38 Å². The molecule has 1 N–H and O–H groups in total. The van der Waals surface area contributed by atoms with Gasteiger partial charge in [-0.25, -0.2) is 4.98 Å². The van der Waals surface area contributed by atoms with Gasteiger partial charge < -0.3 is 9.51 Å². The number of nitrogens with zero attached hydrogens (tertiary/aromatic N) is 2. The second-order valence-electron chi connectivity index (χ2n) is 5.94. The maximum absolute atomic E-state index is 9.81. The second kappa shape index (κ2) is 5.95. The number of hydrogen-bond acceptors (Lipinski definition) is 2. The van der Waals surface area contributed by atoms with E-state index < -0.39 is 0 Å². The maximum Gasteiger partial charge on any atom is 0.138 e. The van der Waals surface area contributed by atoms with Gasteiger partial charge in [0, 0.05) is 11.8 Å². The Bertz CT molecular complexity index is 986. The highest BCUT2D eigenvalue weighted by atomic mass is 16.3. The number of hydrogen-bond donors (Lipinski definition) is 1. The molecule has 3 heteroatoms. The molecule has 0 radical (unpaired) electrons. The minimum Gasteiger partial charge on any atom is -0.390 e. The van der Waals surface area contributed by atoms with E-state index in [9.17, 15) is 5.11 Å². The summed E-state index contributed by atoms with van der Waals surface area (Å²) in [7, 11) is 0. The van der Waals surface area contributed by atoms with Gasteiger partial charge in [-0.3, -0.25) is 0 Å². The molecule has 118 valence electrons. The molecule has 0 atom stereocenters. The van der Waals surface area contributed by atoms with Crippen molar-refractivity contribution in [2.45, 2.75) is 13.5 Å². The lowest BCUT2D eigenvalue weighted by Gasteiger charge is -2.05. The summed E-state index contributed by atoms with van der Waals surface area (Å²) in [6.07, 6.45) is 1.96. The summed E-state index contributed by atoms with van der Waals surface area (Å²) in [6.45, 7) is 2.00. The molecular formula is C21H18N2O. The molecule has 0 amide bonds. The molecule has 0 aliphatic rings. The standard InChI is InChI=1S/C21H18N2O/c1-15-11-12-23-19(14-24)21(22-20(23)13-15)18-9-7-17(8-10-18)16-5-3-2-4-6-16/h2-13,24H,14H2,1H3. The number of aromatic nitrogens is 2. The summed E-state index contributed by atoms with van der Waals surface area (Å²) in [6, 6.07) is 22.7. The molecule has 3 nitrogen and oxygen atoms in total. The van der Waals surface area contributed by atoms with Crippen molar-refractivity contribution in [3.63, 3.8) is 0 Å². The van der Waals surface area contributed by atoms with E-state index in [2.05, 4.69) is 36.4 Å². The van der Waals surface area contributed by atoms with Crippen LogP contribution in [0.15, 0.2) is 72.9 Å². The van der Waals surface area contributed by atoms with Crippen LogP contribution in [-0.4, -0.2) is 14.5 Å². The van der Waals surface area contributed by atoms with Gasteiger partial charge in [0.05, 0.1) is 18.0 Å². The summed E-state index contributed by atoms with van der Waals surface area (Å²) >= 11 is 0. The van der Waals surface area contributed by atoms with Crippen LogP contribution in [0.4, 0.5) is 0 Å². The number of rotatable bonds is 3. The van der Waals surface area contributed by atoms with Gasteiger partial charge in [-0.1, -0.05) is 54.6 Å². The van der Waals surface area contributed by atoms with Gasteiger partial charge in [-0.15, -0.1) is 0 Å². The average Bonchev–Trinajstić information content (AvgIpc) is 3.00. The number of benzene rings is 2. The zero-order valence-electron chi connectivity index (χ0n) is 13.5. The molecule has 4 aromatic rings. The van der Waals surface area contributed by atoms with E-state index in [0.717, 1.165) is 28.2 Å². The number of aliphatic hydroxyl groups excluding tert-OH is 1. The van der Waals surface area contributed by atoms with Crippen LogP contribution in [0.1, 0.15) is 11.3 Å². The predicted molar refractivity (Wildman–Crippen MR) is 96.7 cm³/mol. The van der Waals surface area contributed by atoms with Gasteiger partial charge in [-0.2, -0.15) is 0 Å². The minimum atomic E-state index is -0.0417. The molecule has 0 saturated carbocycles. The largest absolute Gasteiger partial charge is 0.390 e. The lowest BCUT2D eigenvalue weighted by molar-refractivity contribution is 0.276. The fraction of sp³-hybridized carbons (Fsp3) is 0.0952. The fourth-order valence-electron chi connectivity index (χ4n) is 3.03. The second-order valence-corrected chi connectivity index (χ2v) is 5.94. The van der Waals surface area contributed by atoms with Crippen LogP contribution >= 0.6 is 0 Å². The van der Waals surface area contributed by atoms with Crippen LogP contribution in [-0.2, 0) is 6.61 Å². The Balaban J connectivity index is 1.80. The SMILES string of the molecule is Cc1ccn2c(CO)c(-c3ccc(-c4ccccc4)cc3)nc2c1. The first-order valence-corrected chi connectivity index (χ1v) is 8.00. The molecule has 4 rings (SSSR count). The third-order valence-electron chi connectivity index (χ3n) is 4.30. The van der Waals surface area contributed by atoms with Crippen molar-refractivity contribution in [3.05, 3.63) is 84.2 Å². The van der Waals surface area contributed by atoms with Crippen molar-refractivity contribution >= 4 is 5.65 Å². The number of imidazole rings is 1. The van der Waals surface area contributed by atoms with Crippen molar-refractivity contribution in [1.29, 1.82) is 0 Å². The van der Waals surface area contributed by atoms with Crippen molar-refractivity contribution in [2.24, 2.45) is 0 Å². The van der Waals surface area contributed by atoms with Crippen LogP contribution in [0.5, 0.6) is 0 Å². The summed E-state index contributed by atoms with van der Waals surface area (Å²) in [4.78, 5) is 4.72. The van der Waals surface area contributed by atoms with Gasteiger partial charge in [-0.05, 0) is 35.7 Å². The van der Waals surface area contributed by atoms with Crippen LogP contribution in [0, 0.1) is 6.92 Å². The van der Waals surface area contributed by atoms with Crippen molar-refractivity contribution in [3.8, 4) is 22.4 Å². The van der Waals surface area contributed by atoms with Crippen molar-refractivity contribution in [2.75, 3.05) is 0 Å². The van der Waals surface area contributed by atoms with E-state index in [4.69, 9.17) is 4.98 Å². The van der Waals surface area contributed by atoms with E-state index in [0.29, 0.717) is 0 Å². The van der Waals surface area contributed by atoms with Crippen molar-refractivity contribution < 1.29 is 5.11 Å². The first-order chi connectivity index (χ1) is 11.8. The topological polar surface area (TPSA) is 37.5 Å². The summed E-state index contributed by atoms with van der Waals surface area (Å²) in [5, 5.41) is 9.81. The highest BCUT2D eigenvalue weighted by Crippen LogP contribution is 2.28. The number of pyridine rings is 1. The minimum absolute atomic E-state index is 0.0417. The molecule has 0 saturated heterocycles. The maximum atomic E-state index is 9.81. The van der Waals surface area contributed by atoms with Gasteiger partial charge in [0.25, 0.3) is 0 Å². The zero-order valence-corrected chi connectivity index (χ0v) is 13.5. The Hall–Kier alpha value is -2.91. The smallest absolute Gasteiger partial charge is 0.138 e. The summed E-state index contributed by atoms with van der Waals surface area (Å²) < 4.78 is 1.95.